The molecule has 10 heteroatoms. The number of benzene rings is 2. The van der Waals surface area contributed by atoms with Gasteiger partial charge >= 0.3 is 0 Å². The van der Waals surface area contributed by atoms with Crippen molar-refractivity contribution in [2.24, 2.45) is 0 Å². The molecule has 0 atom stereocenters. The number of aryl methyl sites for hydroxylation is 1. The summed E-state index contributed by atoms with van der Waals surface area (Å²) >= 11 is 4.79. The summed E-state index contributed by atoms with van der Waals surface area (Å²) in [5.41, 5.74) is 0.968. The van der Waals surface area contributed by atoms with E-state index in [-0.39, 0.29) is 11.6 Å². The third-order valence-corrected chi connectivity index (χ3v) is 5.66. The lowest BCUT2D eigenvalue weighted by Gasteiger charge is -2.11. The van der Waals surface area contributed by atoms with Crippen LogP contribution in [0.25, 0.3) is 5.69 Å². The third-order valence-electron chi connectivity index (χ3n) is 4.10. The molecule has 0 bridgehead atoms. The number of pyridine rings is 1. The van der Waals surface area contributed by atoms with E-state index in [2.05, 4.69) is 41.8 Å². The molecule has 1 amide bonds. The van der Waals surface area contributed by atoms with Crippen molar-refractivity contribution in [3.8, 4) is 5.69 Å². The second-order valence-corrected chi connectivity index (χ2v) is 8.15. The van der Waals surface area contributed by atoms with Gasteiger partial charge in [-0.2, -0.15) is 4.68 Å². The normalized spacial score (nSPS) is 10.8. The molecule has 2 heterocycles. The molecule has 0 spiro atoms. The number of carbonyl (C=O) groups excluding carboxylic acids is 1. The Kier molecular flexibility index (Phi) is 5.86. The molecule has 0 saturated heterocycles. The second kappa shape index (κ2) is 8.72. The second-order valence-electron chi connectivity index (χ2n) is 6.17. The monoisotopic (exact) mass is 484 g/mol. The number of nitrogens with zero attached hydrogens (tertiary/aromatic N) is 5. The summed E-state index contributed by atoms with van der Waals surface area (Å²) in [6.45, 7) is 1.66. The van der Waals surface area contributed by atoms with Crippen LogP contribution in [0.5, 0.6) is 0 Å². The van der Waals surface area contributed by atoms with Crippen molar-refractivity contribution in [3.63, 3.8) is 0 Å². The first kappa shape index (κ1) is 20.2. The van der Waals surface area contributed by atoms with Crippen LogP contribution in [-0.2, 0) is 0 Å². The quantitative estimate of drug-likeness (QED) is 0.442. The fourth-order valence-corrected chi connectivity index (χ4v) is 3.81. The number of nitrogens with one attached hydrogen (secondary N) is 1. The van der Waals surface area contributed by atoms with E-state index >= 15 is 0 Å². The lowest BCUT2D eigenvalue weighted by molar-refractivity contribution is 0.102. The lowest BCUT2D eigenvalue weighted by Crippen LogP contribution is -2.14. The number of hydrogen-bond donors (Lipinski definition) is 1. The topological polar surface area (TPSA) is 85.6 Å². The third kappa shape index (κ3) is 4.39. The van der Waals surface area contributed by atoms with Gasteiger partial charge < -0.3 is 5.32 Å². The highest BCUT2D eigenvalue weighted by Crippen LogP contribution is 2.30. The van der Waals surface area contributed by atoms with Gasteiger partial charge in [0.15, 0.2) is 5.82 Å². The van der Waals surface area contributed by atoms with Gasteiger partial charge in [0.05, 0.1) is 5.56 Å². The standard InChI is InChI=1S/C20H14BrFN6OS/c1-12-25-26-27-28(12)18-11-14(6-9-17(18)22)24-19(29)16-3-2-10-23-20(16)30-15-7-4-13(21)5-8-15/h2-11H,1H3,(H,24,29). The molecular weight excluding hydrogens is 471 g/mol. The van der Waals surface area contributed by atoms with E-state index < -0.39 is 5.82 Å². The Morgan fingerprint density at radius 1 is 1.17 bits per heavy atom. The summed E-state index contributed by atoms with van der Waals surface area (Å²) in [4.78, 5) is 18.2. The fraction of sp³-hybridized carbons (Fsp3) is 0.0500. The van der Waals surface area contributed by atoms with Crippen LogP contribution in [0.1, 0.15) is 16.2 Å². The lowest BCUT2D eigenvalue weighted by atomic mass is 10.2. The highest BCUT2D eigenvalue weighted by atomic mass is 79.9. The zero-order valence-corrected chi connectivity index (χ0v) is 18.0. The van der Waals surface area contributed by atoms with E-state index in [0.717, 1.165) is 9.37 Å². The van der Waals surface area contributed by atoms with E-state index in [4.69, 9.17) is 0 Å². The molecule has 0 aliphatic carbocycles. The number of anilines is 1. The summed E-state index contributed by atoms with van der Waals surface area (Å²) < 4.78 is 16.5. The maximum atomic E-state index is 14.3. The maximum absolute atomic E-state index is 14.3. The van der Waals surface area contributed by atoms with Crippen molar-refractivity contribution in [2.75, 3.05) is 5.32 Å². The van der Waals surface area contributed by atoms with Crippen LogP contribution in [0.4, 0.5) is 10.1 Å². The Morgan fingerprint density at radius 2 is 1.97 bits per heavy atom. The molecule has 0 fully saturated rings. The summed E-state index contributed by atoms with van der Waals surface area (Å²) in [5.74, 6) is -0.428. The maximum Gasteiger partial charge on any atom is 0.258 e. The van der Waals surface area contributed by atoms with Crippen molar-refractivity contribution in [1.82, 2.24) is 25.2 Å². The van der Waals surface area contributed by atoms with Gasteiger partial charge in [0, 0.05) is 21.3 Å². The van der Waals surface area contributed by atoms with E-state index in [0.29, 0.717) is 22.1 Å². The summed E-state index contributed by atoms with van der Waals surface area (Å²) in [6.07, 6.45) is 1.63. The van der Waals surface area contributed by atoms with E-state index in [9.17, 15) is 9.18 Å². The number of aromatic nitrogens is 5. The number of rotatable bonds is 5. The van der Waals surface area contributed by atoms with Crippen LogP contribution < -0.4 is 5.32 Å². The first-order valence-electron chi connectivity index (χ1n) is 8.76. The summed E-state index contributed by atoms with van der Waals surface area (Å²) in [5, 5.41) is 14.4. The Morgan fingerprint density at radius 3 is 2.70 bits per heavy atom. The molecule has 0 saturated carbocycles. The minimum Gasteiger partial charge on any atom is -0.322 e. The predicted molar refractivity (Wildman–Crippen MR) is 114 cm³/mol. The molecule has 0 aliphatic rings. The molecular formula is C20H14BrFN6OS. The zero-order chi connectivity index (χ0) is 21.1. The Bertz CT molecular complexity index is 1210. The van der Waals surface area contributed by atoms with E-state index in [1.165, 1.54) is 34.6 Å². The molecule has 2 aromatic heterocycles. The highest BCUT2D eigenvalue weighted by Gasteiger charge is 2.16. The summed E-state index contributed by atoms with van der Waals surface area (Å²) in [7, 11) is 0. The first-order valence-corrected chi connectivity index (χ1v) is 10.4. The van der Waals surface area contributed by atoms with Crippen molar-refractivity contribution >= 4 is 39.3 Å². The largest absolute Gasteiger partial charge is 0.322 e. The molecule has 0 radical (unpaired) electrons. The molecule has 7 nitrogen and oxygen atoms in total. The number of amides is 1. The number of hydrogen-bond acceptors (Lipinski definition) is 6. The molecule has 1 N–H and O–H groups in total. The SMILES string of the molecule is Cc1nnnn1-c1cc(NC(=O)c2cccnc2Sc2ccc(Br)cc2)ccc1F. The van der Waals surface area contributed by atoms with Gasteiger partial charge in [0.1, 0.15) is 16.5 Å². The van der Waals surface area contributed by atoms with Gasteiger partial charge in [0.25, 0.3) is 5.91 Å². The van der Waals surface area contributed by atoms with Crippen molar-refractivity contribution in [3.05, 3.63) is 82.5 Å². The zero-order valence-electron chi connectivity index (χ0n) is 15.6. The van der Waals surface area contributed by atoms with Crippen LogP contribution in [0, 0.1) is 12.7 Å². The van der Waals surface area contributed by atoms with E-state index in [1.54, 1.807) is 25.3 Å². The van der Waals surface area contributed by atoms with Gasteiger partial charge in [0.2, 0.25) is 0 Å². The average molecular weight is 485 g/mol. The average Bonchev–Trinajstić information content (AvgIpc) is 3.17. The first-order chi connectivity index (χ1) is 14.5. The smallest absolute Gasteiger partial charge is 0.258 e. The van der Waals surface area contributed by atoms with Gasteiger partial charge in [-0.05, 0) is 71.9 Å². The van der Waals surface area contributed by atoms with Crippen LogP contribution >= 0.6 is 27.7 Å². The van der Waals surface area contributed by atoms with E-state index in [1.807, 2.05) is 24.3 Å². The van der Waals surface area contributed by atoms with Crippen LogP contribution in [0.3, 0.4) is 0 Å². The van der Waals surface area contributed by atoms with Gasteiger partial charge in [-0.15, -0.1) is 5.10 Å². The predicted octanol–water partition coefficient (Wildman–Crippen LogP) is 4.67. The summed E-state index contributed by atoms with van der Waals surface area (Å²) in [6, 6.07) is 15.3. The minimum atomic E-state index is -0.503. The Balaban J connectivity index is 1.59. The molecule has 4 aromatic rings. The Labute approximate surface area is 183 Å². The number of tetrazole rings is 1. The Hall–Kier alpha value is -3.11. The molecule has 0 unspecified atom stereocenters. The molecule has 150 valence electrons. The molecule has 4 rings (SSSR count). The van der Waals surface area contributed by atoms with Gasteiger partial charge in [-0.3, -0.25) is 4.79 Å². The molecule has 0 aliphatic heterocycles. The minimum absolute atomic E-state index is 0.144. The highest BCUT2D eigenvalue weighted by molar-refractivity contribution is 9.10. The van der Waals surface area contributed by atoms with Crippen LogP contribution in [-0.4, -0.2) is 31.1 Å². The van der Waals surface area contributed by atoms with Crippen LogP contribution in [0.2, 0.25) is 0 Å². The van der Waals surface area contributed by atoms with Crippen LogP contribution in [0.15, 0.2) is 75.2 Å². The van der Waals surface area contributed by atoms with Crippen molar-refractivity contribution in [2.45, 2.75) is 16.8 Å². The van der Waals surface area contributed by atoms with Crippen molar-refractivity contribution in [1.29, 1.82) is 0 Å². The molecule has 30 heavy (non-hydrogen) atoms. The number of halogens is 2. The fourth-order valence-electron chi connectivity index (χ4n) is 2.66. The molecule has 2 aromatic carbocycles. The van der Waals surface area contributed by atoms with Gasteiger partial charge in [-0.1, -0.05) is 27.7 Å². The van der Waals surface area contributed by atoms with Crippen molar-refractivity contribution < 1.29 is 9.18 Å². The van der Waals surface area contributed by atoms with Gasteiger partial charge in [-0.25, -0.2) is 9.37 Å². The number of carbonyl (C=O) groups is 1.